The second-order valence-electron chi connectivity index (χ2n) is 6.53. The number of ether oxygens (including phenoxy) is 2. The van der Waals surface area contributed by atoms with E-state index in [0.29, 0.717) is 19.5 Å². The number of nitrogens with two attached hydrogens (primary N) is 1. The number of carbonyl (C=O) groups is 2. The van der Waals surface area contributed by atoms with Crippen LogP contribution in [0, 0.1) is 11.8 Å². The zero-order chi connectivity index (χ0) is 18.6. The van der Waals surface area contributed by atoms with E-state index in [1.54, 1.807) is 6.92 Å². The van der Waals surface area contributed by atoms with Crippen molar-refractivity contribution in [2.75, 3.05) is 26.2 Å². The molecule has 0 aliphatic carbocycles. The van der Waals surface area contributed by atoms with Crippen molar-refractivity contribution in [2.24, 2.45) is 17.6 Å². The maximum Gasteiger partial charge on any atom is 0.224 e. The van der Waals surface area contributed by atoms with Gasteiger partial charge in [-0.05, 0) is 13.3 Å². The number of hydrogen-bond donors (Lipinski definition) is 6. The summed E-state index contributed by atoms with van der Waals surface area (Å²) in [6.45, 7) is 2.75. The molecule has 0 aromatic heterocycles. The topological polar surface area (TPSA) is 163 Å². The largest absolute Gasteiger partial charge is 0.388 e. The van der Waals surface area contributed by atoms with E-state index in [4.69, 9.17) is 15.2 Å². The summed E-state index contributed by atoms with van der Waals surface area (Å²) in [5.74, 6) is -1.34. The Hall–Kier alpha value is -1.30. The average Bonchev–Trinajstić information content (AvgIpc) is 2.60. The van der Waals surface area contributed by atoms with E-state index in [1.807, 2.05) is 0 Å². The van der Waals surface area contributed by atoms with Gasteiger partial charge in [0.2, 0.25) is 11.8 Å². The number of rotatable bonds is 6. The second-order valence-corrected chi connectivity index (χ2v) is 6.53. The van der Waals surface area contributed by atoms with E-state index in [9.17, 15) is 24.9 Å². The van der Waals surface area contributed by atoms with Crippen LogP contribution in [0.3, 0.4) is 0 Å². The molecule has 0 bridgehead atoms. The Balaban J connectivity index is 1.70. The monoisotopic (exact) mass is 361 g/mol. The van der Waals surface area contributed by atoms with Gasteiger partial charge in [-0.1, -0.05) is 0 Å². The fraction of sp³-hybridized carbons (Fsp3) is 0.867. The van der Waals surface area contributed by atoms with Gasteiger partial charge in [-0.3, -0.25) is 9.59 Å². The summed E-state index contributed by atoms with van der Waals surface area (Å²) in [6, 6.07) is 0. The molecule has 144 valence electrons. The molecule has 2 heterocycles. The van der Waals surface area contributed by atoms with Crippen LogP contribution in [0.1, 0.15) is 13.3 Å². The molecule has 7 N–H and O–H groups in total. The van der Waals surface area contributed by atoms with Crippen molar-refractivity contribution in [3.63, 3.8) is 0 Å². The smallest absolute Gasteiger partial charge is 0.224 e. The first kappa shape index (κ1) is 20.0. The number of carbonyl (C=O) groups excluding carboxylic acids is 2. The summed E-state index contributed by atoms with van der Waals surface area (Å²) in [5.41, 5.74) is 5.27. The van der Waals surface area contributed by atoms with Gasteiger partial charge in [0.1, 0.15) is 18.3 Å². The molecule has 2 aliphatic heterocycles. The van der Waals surface area contributed by atoms with Gasteiger partial charge in [0.25, 0.3) is 0 Å². The molecule has 0 unspecified atom stereocenters. The number of amides is 2. The number of hydrogen-bond acceptors (Lipinski definition) is 8. The summed E-state index contributed by atoms with van der Waals surface area (Å²) < 4.78 is 10.6. The van der Waals surface area contributed by atoms with Crippen LogP contribution in [0.25, 0.3) is 0 Å². The van der Waals surface area contributed by atoms with Crippen LogP contribution in [-0.4, -0.2) is 84.1 Å². The number of aliphatic hydroxyl groups excluding tert-OH is 3. The van der Waals surface area contributed by atoms with Crippen molar-refractivity contribution in [1.82, 2.24) is 10.6 Å². The minimum absolute atomic E-state index is 0.0579. The first-order valence-electron chi connectivity index (χ1n) is 8.40. The zero-order valence-corrected chi connectivity index (χ0v) is 14.1. The van der Waals surface area contributed by atoms with E-state index in [1.165, 1.54) is 0 Å². The van der Waals surface area contributed by atoms with Crippen LogP contribution in [0.15, 0.2) is 0 Å². The molecular weight excluding hydrogens is 334 g/mol. The lowest BCUT2D eigenvalue weighted by Gasteiger charge is -2.38. The van der Waals surface area contributed by atoms with Gasteiger partial charge in [-0.25, -0.2) is 0 Å². The lowest BCUT2D eigenvalue weighted by molar-refractivity contribution is -0.292. The zero-order valence-electron chi connectivity index (χ0n) is 14.1. The Morgan fingerprint density at radius 2 is 1.88 bits per heavy atom. The summed E-state index contributed by atoms with van der Waals surface area (Å²) in [7, 11) is 0. The van der Waals surface area contributed by atoms with Gasteiger partial charge in [-0.2, -0.15) is 0 Å². The molecular formula is C15H27N3O7. The average molecular weight is 361 g/mol. The maximum absolute atomic E-state index is 12.1. The molecule has 7 atom stereocenters. The highest BCUT2D eigenvalue weighted by Crippen LogP contribution is 2.21. The van der Waals surface area contributed by atoms with Crippen molar-refractivity contribution in [1.29, 1.82) is 0 Å². The van der Waals surface area contributed by atoms with Crippen LogP contribution in [0.5, 0.6) is 0 Å². The molecule has 0 aromatic carbocycles. The van der Waals surface area contributed by atoms with Gasteiger partial charge in [0.05, 0.1) is 24.5 Å². The van der Waals surface area contributed by atoms with Crippen LogP contribution in [0.4, 0.5) is 0 Å². The van der Waals surface area contributed by atoms with E-state index in [0.717, 1.165) is 0 Å². The molecule has 0 spiro atoms. The minimum Gasteiger partial charge on any atom is -0.388 e. The Labute approximate surface area is 145 Å². The van der Waals surface area contributed by atoms with E-state index in [2.05, 4.69) is 10.6 Å². The van der Waals surface area contributed by atoms with Crippen molar-refractivity contribution in [2.45, 2.75) is 44.1 Å². The van der Waals surface area contributed by atoms with Crippen molar-refractivity contribution in [3.05, 3.63) is 0 Å². The van der Waals surface area contributed by atoms with Gasteiger partial charge >= 0.3 is 0 Å². The molecule has 0 saturated carbocycles. The Morgan fingerprint density at radius 1 is 1.20 bits per heavy atom. The molecule has 2 amide bonds. The number of primary amides is 1. The number of aliphatic hydroxyl groups is 3. The summed E-state index contributed by atoms with van der Waals surface area (Å²) in [5, 5.41) is 34.8. The molecule has 10 nitrogen and oxygen atoms in total. The minimum atomic E-state index is -1.37. The number of nitrogens with one attached hydrogen (secondary N) is 2. The van der Waals surface area contributed by atoms with E-state index < -0.39 is 36.6 Å². The van der Waals surface area contributed by atoms with Gasteiger partial charge in [0, 0.05) is 19.6 Å². The normalized spacial score (nSPS) is 39.0. The molecule has 10 heteroatoms. The highest BCUT2D eigenvalue weighted by Gasteiger charge is 2.42. The fourth-order valence-corrected chi connectivity index (χ4v) is 3.00. The summed E-state index contributed by atoms with van der Waals surface area (Å²) in [6.07, 6.45) is -5.28. The quantitative estimate of drug-likeness (QED) is 0.267. The maximum atomic E-state index is 12.1. The molecule has 25 heavy (non-hydrogen) atoms. The molecule has 2 aliphatic rings. The third-order valence-corrected chi connectivity index (χ3v) is 4.62. The molecule has 2 rings (SSSR count). The summed E-state index contributed by atoms with van der Waals surface area (Å²) in [4.78, 5) is 23.3. The Kier molecular flexibility index (Phi) is 7.11. The molecule has 0 aromatic rings. The lowest BCUT2D eigenvalue weighted by Crippen LogP contribution is -2.57. The van der Waals surface area contributed by atoms with Crippen LogP contribution in [0.2, 0.25) is 0 Å². The lowest BCUT2D eigenvalue weighted by atomic mass is 9.89. The van der Waals surface area contributed by atoms with Crippen LogP contribution < -0.4 is 16.4 Å². The molecule has 2 saturated heterocycles. The highest BCUT2D eigenvalue weighted by atomic mass is 16.7. The van der Waals surface area contributed by atoms with E-state index in [-0.39, 0.29) is 30.9 Å². The molecule has 0 radical (unpaired) electrons. The first-order valence-corrected chi connectivity index (χ1v) is 8.40. The SMILES string of the molecule is C[C@@H]1O[C@@H](OCCNC(=O)[C@H]2CNC[C@@H](C(N)=O)C2)[C@@H](O)[C@H](O)[C@@H]1O. The van der Waals surface area contributed by atoms with Crippen molar-refractivity contribution in [3.8, 4) is 0 Å². The van der Waals surface area contributed by atoms with Gasteiger partial charge < -0.3 is 41.2 Å². The fourth-order valence-electron chi connectivity index (χ4n) is 3.00. The summed E-state index contributed by atoms with van der Waals surface area (Å²) >= 11 is 0. The number of piperidine rings is 1. The predicted octanol–water partition coefficient (Wildman–Crippen LogP) is -3.34. The standard InChI is InChI=1S/C15H27N3O7/c1-7-10(19)11(20)12(21)15(25-7)24-3-2-18-14(23)9-4-8(13(16)22)5-17-6-9/h7-12,15,17,19-21H,2-6H2,1H3,(H2,16,22)(H,18,23)/t7-,8-,9+,10+,11+,12-,15+/m0/s1. The van der Waals surface area contributed by atoms with Crippen LogP contribution >= 0.6 is 0 Å². The van der Waals surface area contributed by atoms with Gasteiger partial charge in [0.15, 0.2) is 6.29 Å². The van der Waals surface area contributed by atoms with Crippen molar-refractivity contribution >= 4 is 11.8 Å². The Bertz CT molecular complexity index is 478. The Morgan fingerprint density at radius 3 is 2.56 bits per heavy atom. The third-order valence-electron chi connectivity index (χ3n) is 4.62. The van der Waals surface area contributed by atoms with Crippen molar-refractivity contribution < 1.29 is 34.4 Å². The first-order chi connectivity index (χ1) is 11.8. The van der Waals surface area contributed by atoms with E-state index >= 15 is 0 Å². The third kappa shape index (κ3) is 5.09. The predicted molar refractivity (Wildman–Crippen MR) is 85.0 cm³/mol. The van der Waals surface area contributed by atoms with Gasteiger partial charge in [-0.15, -0.1) is 0 Å². The molecule has 2 fully saturated rings. The highest BCUT2D eigenvalue weighted by molar-refractivity contribution is 5.82. The second kappa shape index (κ2) is 8.88. The van der Waals surface area contributed by atoms with Crippen LogP contribution in [-0.2, 0) is 19.1 Å².